The molecule has 1 fully saturated rings. The minimum atomic E-state index is 0.360. The molecule has 0 radical (unpaired) electrons. The van der Waals surface area contributed by atoms with Crippen LogP contribution in [0.3, 0.4) is 0 Å². The first-order chi connectivity index (χ1) is 6.55. The number of anilines is 1. The monoisotopic (exact) mass is 252 g/mol. The first-order valence-corrected chi connectivity index (χ1v) is 5.74. The molecule has 3 heteroatoms. The van der Waals surface area contributed by atoms with E-state index < -0.39 is 0 Å². The summed E-state index contributed by atoms with van der Waals surface area (Å²) in [6.45, 7) is 5.73. The van der Waals surface area contributed by atoms with Gasteiger partial charge in [0.15, 0.2) is 0 Å². The second-order valence-corrected chi connectivity index (χ2v) is 5.96. The molecule has 1 aromatic rings. The Hall–Kier alpha value is -0.570. The van der Waals surface area contributed by atoms with Crippen molar-refractivity contribution in [2.45, 2.75) is 25.7 Å². The summed E-state index contributed by atoms with van der Waals surface area (Å²) in [4.78, 5) is 4.40. The Morgan fingerprint density at radius 2 is 2.21 bits per heavy atom. The number of nitrogens with one attached hydrogen (secondary N) is 1. The molecular weight excluding hydrogens is 240 g/mol. The van der Waals surface area contributed by atoms with E-state index in [1.165, 1.54) is 12.0 Å². The smallest absolute Gasteiger partial charge is 0.129 e. The molecule has 1 unspecified atom stereocenters. The summed E-state index contributed by atoms with van der Waals surface area (Å²) in [5, 5.41) is 3.40. The van der Waals surface area contributed by atoms with Crippen LogP contribution in [0.1, 0.15) is 25.8 Å². The molecule has 2 nitrogen and oxygen atoms in total. The molecule has 1 aliphatic heterocycles. The highest BCUT2D eigenvalue weighted by Crippen LogP contribution is 2.67. The van der Waals surface area contributed by atoms with Crippen LogP contribution in [0.2, 0.25) is 0 Å². The van der Waals surface area contributed by atoms with Crippen LogP contribution in [-0.4, -0.2) is 11.5 Å². The maximum absolute atomic E-state index is 4.40. The number of fused-ring (bicyclic) bond motifs is 2. The highest BCUT2D eigenvalue weighted by atomic mass is 79.9. The van der Waals surface area contributed by atoms with Gasteiger partial charge in [-0.25, -0.2) is 4.98 Å². The van der Waals surface area contributed by atoms with Gasteiger partial charge < -0.3 is 5.32 Å². The summed E-state index contributed by atoms with van der Waals surface area (Å²) in [6.07, 6.45) is 3.14. The molecule has 1 aromatic heterocycles. The Kier molecular flexibility index (Phi) is 1.45. The third kappa shape index (κ3) is 0.888. The van der Waals surface area contributed by atoms with E-state index in [9.17, 15) is 0 Å². The van der Waals surface area contributed by atoms with E-state index in [1.54, 1.807) is 0 Å². The largest absolute Gasteiger partial charge is 0.369 e. The van der Waals surface area contributed by atoms with E-state index in [1.807, 2.05) is 6.20 Å². The van der Waals surface area contributed by atoms with Gasteiger partial charge in [0.25, 0.3) is 0 Å². The van der Waals surface area contributed by atoms with Gasteiger partial charge in [0, 0.05) is 28.2 Å². The maximum Gasteiger partial charge on any atom is 0.129 e. The molecule has 3 rings (SSSR count). The summed E-state index contributed by atoms with van der Waals surface area (Å²) in [5.41, 5.74) is 2.20. The number of halogens is 1. The lowest BCUT2D eigenvalue weighted by Crippen LogP contribution is -2.16. The maximum atomic E-state index is 4.40. The number of pyridine rings is 1. The van der Waals surface area contributed by atoms with Gasteiger partial charge in [0.2, 0.25) is 0 Å². The molecule has 2 aliphatic rings. The van der Waals surface area contributed by atoms with E-state index in [0.29, 0.717) is 10.8 Å². The second kappa shape index (κ2) is 2.32. The fraction of sp³-hybridized carbons (Fsp3) is 0.545. The SMILES string of the molecule is CC1(C)CC12CNc1ncc(Br)cc12. The number of rotatable bonds is 0. The molecule has 74 valence electrons. The molecule has 1 aliphatic carbocycles. The summed E-state index contributed by atoms with van der Waals surface area (Å²) >= 11 is 3.49. The second-order valence-electron chi connectivity index (χ2n) is 5.05. The summed E-state index contributed by atoms with van der Waals surface area (Å²) in [7, 11) is 0. The molecule has 0 bridgehead atoms. The van der Waals surface area contributed by atoms with Crippen LogP contribution >= 0.6 is 15.9 Å². The molecule has 0 saturated heterocycles. The van der Waals surface area contributed by atoms with Crippen LogP contribution in [0.15, 0.2) is 16.7 Å². The van der Waals surface area contributed by atoms with Crippen molar-refractivity contribution in [3.05, 3.63) is 22.3 Å². The van der Waals surface area contributed by atoms with Gasteiger partial charge in [0.05, 0.1) is 0 Å². The van der Waals surface area contributed by atoms with E-state index in [2.05, 4.69) is 46.1 Å². The van der Waals surface area contributed by atoms with Crippen LogP contribution < -0.4 is 5.32 Å². The molecule has 1 N–H and O–H groups in total. The first kappa shape index (κ1) is 8.72. The first-order valence-electron chi connectivity index (χ1n) is 4.95. The predicted molar refractivity (Wildman–Crippen MR) is 60.5 cm³/mol. The van der Waals surface area contributed by atoms with Crippen LogP contribution in [-0.2, 0) is 5.41 Å². The minimum Gasteiger partial charge on any atom is -0.369 e. The van der Waals surface area contributed by atoms with Crippen molar-refractivity contribution >= 4 is 21.7 Å². The molecule has 0 amide bonds. The molecule has 1 atom stereocenters. The van der Waals surface area contributed by atoms with E-state index in [-0.39, 0.29) is 0 Å². The van der Waals surface area contributed by atoms with Gasteiger partial charge in [-0.3, -0.25) is 0 Å². The zero-order valence-electron chi connectivity index (χ0n) is 8.39. The summed E-state index contributed by atoms with van der Waals surface area (Å²) < 4.78 is 1.09. The van der Waals surface area contributed by atoms with Crippen LogP contribution in [0, 0.1) is 5.41 Å². The fourth-order valence-corrected chi connectivity index (χ4v) is 3.08. The van der Waals surface area contributed by atoms with Gasteiger partial charge >= 0.3 is 0 Å². The minimum absolute atomic E-state index is 0.360. The Labute approximate surface area is 92.2 Å². The summed E-state index contributed by atoms with van der Waals surface area (Å²) in [5.74, 6) is 1.08. The molecule has 1 spiro atoms. The van der Waals surface area contributed by atoms with Crippen molar-refractivity contribution < 1.29 is 0 Å². The number of hydrogen-bond donors (Lipinski definition) is 1. The average molecular weight is 253 g/mol. The quantitative estimate of drug-likeness (QED) is 0.768. The van der Waals surface area contributed by atoms with Crippen LogP contribution in [0.4, 0.5) is 5.82 Å². The number of aromatic nitrogens is 1. The van der Waals surface area contributed by atoms with Gasteiger partial charge in [-0.2, -0.15) is 0 Å². The lowest BCUT2D eigenvalue weighted by molar-refractivity contribution is 0.527. The zero-order chi connectivity index (χ0) is 9.97. The highest BCUT2D eigenvalue weighted by Gasteiger charge is 2.64. The van der Waals surface area contributed by atoms with Crippen molar-refractivity contribution in [1.29, 1.82) is 0 Å². The molecule has 1 saturated carbocycles. The Morgan fingerprint density at radius 1 is 1.50 bits per heavy atom. The van der Waals surface area contributed by atoms with Crippen molar-refractivity contribution in [2.24, 2.45) is 5.41 Å². The predicted octanol–water partition coefficient (Wildman–Crippen LogP) is 2.94. The lowest BCUT2D eigenvalue weighted by atomic mass is 9.91. The standard InChI is InChI=1S/C11H13BrN2/c1-10(2)5-11(10)6-14-9-8(11)3-7(12)4-13-9/h3-4H,5-6H2,1-2H3,(H,13,14). The van der Waals surface area contributed by atoms with E-state index in [4.69, 9.17) is 0 Å². The Bertz CT molecular complexity index is 414. The fourth-order valence-electron chi connectivity index (χ4n) is 2.75. The van der Waals surface area contributed by atoms with E-state index in [0.717, 1.165) is 16.8 Å². The van der Waals surface area contributed by atoms with E-state index >= 15 is 0 Å². The van der Waals surface area contributed by atoms with Gasteiger partial charge in [-0.1, -0.05) is 13.8 Å². The van der Waals surface area contributed by atoms with Crippen LogP contribution in [0.25, 0.3) is 0 Å². The normalized spacial score (nSPS) is 31.4. The molecule has 14 heavy (non-hydrogen) atoms. The third-order valence-electron chi connectivity index (χ3n) is 3.84. The van der Waals surface area contributed by atoms with Crippen molar-refractivity contribution in [3.8, 4) is 0 Å². The topological polar surface area (TPSA) is 24.9 Å². The van der Waals surface area contributed by atoms with Gasteiger partial charge in [-0.15, -0.1) is 0 Å². The van der Waals surface area contributed by atoms with Gasteiger partial charge in [0.1, 0.15) is 5.82 Å². The number of hydrogen-bond acceptors (Lipinski definition) is 2. The van der Waals surface area contributed by atoms with Crippen molar-refractivity contribution in [1.82, 2.24) is 4.98 Å². The zero-order valence-corrected chi connectivity index (χ0v) is 9.98. The molecule has 2 heterocycles. The highest BCUT2D eigenvalue weighted by molar-refractivity contribution is 9.10. The van der Waals surface area contributed by atoms with Crippen molar-refractivity contribution in [2.75, 3.05) is 11.9 Å². The van der Waals surface area contributed by atoms with Gasteiger partial charge in [-0.05, 0) is 33.8 Å². The van der Waals surface area contributed by atoms with Crippen LogP contribution in [0.5, 0.6) is 0 Å². The number of nitrogens with zero attached hydrogens (tertiary/aromatic N) is 1. The summed E-state index contributed by atoms with van der Waals surface area (Å²) in [6, 6.07) is 2.22. The van der Waals surface area contributed by atoms with Crippen molar-refractivity contribution in [3.63, 3.8) is 0 Å². The Morgan fingerprint density at radius 3 is 2.86 bits per heavy atom. The average Bonchev–Trinajstić information content (AvgIpc) is 2.49. The Balaban J connectivity index is 2.15. The third-order valence-corrected chi connectivity index (χ3v) is 4.28. The molecule has 0 aromatic carbocycles. The molecular formula is C11H13BrN2. The lowest BCUT2D eigenvalue weighted by Gasteiger charge is -2.12.